The lowest BCUT2D eigenvalue weighted by atomic mass is 9.99. The number of benzene rings is 1. The van der Waals surface area contributed by atoms with Crippen LogP contribution in [0.5, 0.6) is 0 Å². The molecule has 102 valence electrons. The number of likely N-dealkylation sites (tertiary alicyclic amines) is 1. The molecule has 1 aromatic carbocycles. The van der Waals surface area contributed by atoms with Crippen molar-refractivity contribution in [3.8, 4) is 0 Å². The van der Waals surface area contributed by atoms with Gasteiger partial charge in [-0.25, -0.2) is 0 Å². The lowest BCUT2D eigenvalue weighted by Gasteiger charge is -2.19. The predicted octanol–water partition coefficient (Wildman–Crippen LogP) is 2.81. The van der Waals surface area contributed by atoms with Gasteiger partial charge >= 0.3 is 0 Å². The van der Waals surface area contributed by atoms with Gasteiger partial charge in [0.25, 0.3) is 0 Å². The Hall–Kier alpha value is -0.570. The molecule has 0 spiro atoms. The molecule has 2 rings (SSSR count). The first-order valence-corrected chi connectivity index (χ1v) is 6.59. The summed E-state index contributed by atoms with van der Waals surface area (Å²) in [6.45, 7) is 10.9. The van der Waals surface area contributed by atoms with Crippen LogP contribution in [0.25, 0.3) is 0 Å². The van der Waals surface area contributed by atoms with Gasteiger partial charge < -0.3 is 5.73 Å². The summed E-state index contributed by atoms with van der Waals surface area (Å²) in [5.74, 6) is 0.709. The van der Waals surface area contributed by atoms with E-state index in [-0.39, 0.29) is 12.4 Å². The topological polar surface area (TPSA) is 29.3 Å². The lowest BCUT2D eigenvalue weighted by molar-refractivity contribution is 0.316. The fraction of sp³-hybridized carbons (Fsp3) is 0.600. The summed E-state index contributed by atoms with van der Waals surface area (Å²) in [7, 11) is 0. The molecule has 2 nitrogen and oxygen atoms in total. The van der Waals surface area contributed by atoms with Crippen molar-refractivity contribution in [3.05, 3.63) is 34.4 Å². The Morgan fingerprint density at radius 2 is 1.83 bits per heavy atom. The molecule has 0 radical (unpaired) electrons. The minimum atomic E-state index is 0. The van der Waals surface area contributed by atoms with Gasteiger partial charge in [0, 0.05) is 13.1 Å². The molecule has 1 fully saturated rings. The van der Waals surface area contributed by atoms with E-state index in [1.54, 1.807) is 0 Å². The standard InChI is InChI=1S/C15H24N2.ClH/c1-11-6-12(2)15(13(3)7-11)10-17-5-4-14(8-16)9-17;/h6-7,14H,4-5,8-10,16H2,1-3H3;1H. The lowest BCUT2D eigenvalue weighted by Crippen LogP contribution is -2.23. The van der Waals surface area contributed by atoms with Gasteiger partial charge in [-0.1, -0.05) is 17.7 Å². The third-order valence-electron chi connectivity index (χ3n) is 3.93. The summed E-state index contributed by atoms with van der Waals surface area (Å²) in [4.78, 5) is 2.54. The molecule has 0 aliphatic carbocycles. The maximum absolute atomic E-state index is 5.74. The van der Waals surface area contributed by atoms with E-state index in [0.717, 1.165) is 13.1 Å². The van der Waals surface area contributed by atoms with E-state index in [9.17, 15) is 0 Å². The zero-order chi connectivity index (χ0) is 12.4. The van der Waals surface area contributed by atoms with Gasteiger partial charge in [-0.2, -0.15) is 0 Å². The molecule has 0 amide bonds. The van der Waals surface area contributed by atoms with Crippen molar-refractivity contribution < 1.29 is 0 Å². The van der Waals surface area contributed by atoms with E-state index in [1.807, 2.05) is 0 Å². The SMILES string of the molecule is Cc1cc(C)c(CN2CCC(CN)C2)c(C)c1.Cl. The van der Waals surface area contributed by atoms with Crippen LogP contribution in [0.1, 0.15) is 28.7 Å². The van der Waals surface area contributed by atoms with Crippen molar-refractivity contribution in [2.45, 2.75) is 33.7 Å². The molecule has 0 aromatic heterocycles. The van der Waals surface area contributed by atoms with Crippen LogP contribution in [0.2, 0.25) is 0 Å². The summed E-state index contributed by atoms with van der Waals surface area (Å²) < 4.78 is 0. The molecule has 18 heavy (non-hydrogen) atoms. The van der Waals surface area contributed by atoms with Crippen molar-refractivity contribution in [1.82, 2.24) is 4.90 Å². The molecule has 1 aromatic rings. The largest absolute Gasteiger partial charge is 0.330 e. The van der Waals surface area contributed by atoms with E-state index in [4.69, 9.17) is 5.73 Å². The minimum absolute atomic E-state index is 0. The second-order valence-corrected chi connectivity index (χ2v) is 5.50. The number of halogens is 1. The number of aryl methyl sites for hydroxylation is 3. The average molecular weight is 269 g/mol. The first-order chi connectivity index (χ1) is 8.10. The van der Waals surface area contributed by atoms with Crippen LogP contribution >= 0.6 is 12.4 Å². The van der Waals surface area contributed by atoms with E-state index < -0.39 is 0 Å². The quantitative estimate of drug-likeness (QED) is 0.914. The number of nitrogens with two attached hydrogens (primary N) is 1. The number of hydrogen-bond donors (Lipinski definition) is 1. The second kappa shape index (κ2) is 6.55. The molecule has 1 saturated heterocycles. The maximum atomic E-state index is 5.74. The Labute approximate surface area is 117 Å². The van der Waals surface area contributed by atoms with Crippen LogP contribution in [-0.2, 0) is 6.54 Å². The third kappa shape index (κ3) is 3.47. The molecule has 2 N–H and O–H groups in total. The zero-order valence-corrected chi connectivity index (χ0v) is 12.5. The van der Waals surface area contributed by atoms with Crippen LogP contribution in [0.3, 0.4) is 0 Å². The fourth-order valence-corrected chi connectivity index (χ4v) is 2.93. The highest BCUT2D eigenvalue weighted by Gasteiger charge is 2.21. The van der Waals surface area contributed by atoms with Crippen molar-refractivity contribution in [2.24, 2.45) is 11.7 Å². The van der Waals surface area contributed by atoms with Gasteiger partial charge in [0.15, 0.2) is 0 Å². The summed E-state index contributed by atoms with van der Waals surface area (Å²) in [5, 5.41) is 0. The van der Waals surface area contributed by atoms with Gasteiger partial charge in [-0.3, -0.25) is 4.90 Å². The Morgan fingerprint density at radius 3 is 2.33 bits per heavy atom. The van der Waals surface area contributed by atoms with Crippen molar-refractivity contribution in [1.29, 1.82) is 0 Å². The fourth-order valence-electron chi connectivity index (χ4n) is 2.93. The predicted molar refractivity (Wildman–Crippen MR) is 80.3 cm³/mol. The number of rotatable bonds is 3. The van der Waals surface area contributed by atoms with Crippen molar-refractivity contribution in [2.75, 3.05) is 19.6 Å². The minimum Gasteiger partial charge on any atom is -0.330 e. The Morgan fingerprint density at radius 1 is 1.22 bits per heavy atom. The molecule has 3 heteroatoms. The molecule has 1 atom stereocenters. The molecular formula is C15H25ClN2. The van der Waals surface area contributed by atoms with E-state index >= 15 is 0 Å². The van der Waals surface area contributed by atoms with Crippen LogP contribution in [0, 0.1) is 26.7 Å². The highest BCUT2D eigenvalue weighted by atomic mass is 35.5. The maximum Gasteiger partial charge on any atom is 0.0239 e. The molecule has 1 aliphatic rings. The van der Waals surface area contributed by atoms with Crippen LogP contribution in [0.4, 0.5) is 0 Å². The van der Waals surface area contributed by atoms with E-state index in [1.165, 1.54) is 41.8 Å². The highest BCUT2D eigenvalue weighted by Crippen LogP contribution is 2.22. The summed E-state index contributed by atoms with van der Waals surface area (Å²) in [5.41, 5.74) is 11.5. The molecule has 0 bridgehead atoms. The van der Waals surface area contributed by atoms with E-state index in [2.05, 4.69) is 37.8 Å². The zero-order valence-electron chi connectivity index (χ0n) is 11.7. The smallest absolute Gasteiger partial charge is 0.0239 e. The Balaban J connectivity index is 0.00000162. The molecular weight excluding hydrogens is 244 g/mol. The molecule has 1 heterocycles. The Kier molecular flexibility index (Phi) is 5.64. The molecule has 1 unspecified atom stereocenters. The molecule has 0 saturated carbocycles. The third-order valence-corrected chi connectivity index (χ3v) is 3.93. The van der Waals surface area contributed by atoms with Gasteiger partial charge in [0.1, 0.15) is 0 Å². The van der Waals surface area contributed by atoms with Crippen molar-refractivity contribution in [3.63, 3.8) is 0 Å². The summed E-state index contributed by atoms with van der Waals surface area (Å²) >= 11 is 0. The van der Waals surface area contributed by atoms with Crippen LogP contribution < -0.4 is 5.73 Å². The summed E-state index contributed by atoms with van der Waals surface area (Å²) in [6.07, 6.45) is 1.26. The van der Waals surface area contributed by atoms with Gasteiger partial charge in [-0.15, -0.1) is 12.4 Å². The number of hydrogen-bond acceptors (Lipinski definition) is 2. The monoisotopic (exact) mass is 268 g/mol. The normalized spacial score (nSPS) is 19.9. The van der Waals surface area contributed by atoms with E-state index in [0.29, 0.717) is 5.92 Å². The highest BCUT2D eigenvalue weighted by molar-refractivity contribution is 5.85. The first-order valence-electron chi connectivity index (χ1n) is 6.59. The van der Waals surface area contributed by atoms with Crippen molar-refractivity contribution >= 4 is 12.4 Å². The van der Waals surface area contributed by atoms with Crippen LogP contribution in [-0.4, -0.2) is 24.5 Å². The van der Waals surface area contributed by atoms with Gasteiger partial charge in [0.05, 0.1) is 0 Å². The van der Waals surface area contributed by atoms with Gasteiger partial charge in [0.2, 0.25) is 0 Å². The summed E-state index contributed by atoms with van der Waals surface area (Å²) in [6, 6.07) is 4.58. The average Bonchev–Trinajstić information content (AvgIpc) is 2.71. The first kappa shape index (κ1) is 15.5. The second-order valence-electron chi connectivity index (χ2n) is 5.50. The van der Waals surface area contributed by atoms with Gasteiger partial charge in [-0.05, 0) is 62.9 Å². The Bertz CT molecular complexity index is 380. The molecule has 1 aliphatic heterocycles. The van der Waals surface area contributed by atoms with Crippen LogP contribution in [0.15, 0.2) is 12.1 Å². The number of nitrogens with zero attached hydrogens (tertiary/aromatic N) is 1.